The Bertz CT molecular complexity index is 1190. The van der Waals surface area contributed by atoms with Crippen molar-refractivity contribution >= 4 is 17.0 Å². The lowest BCUT2D eigenvalue weighted by molar-refractivity contribution is 0.488. The van der Waals surface area contributed by atoms with E-state index >= 15 is 0 Å². The molecule has 6 nitrogen and oxygen atoms in total. The molecule has 0 fully saturated rings. The number of hydrogen-bond donors (Lipinski definition) is 0. The molecule has 3 heterocycles. The average Bonchev–Trinajstić information content (AvgIpc) is 3.35. The normalized spacial score (nSPS) is 12.0. The SMILES string of the molecule is Cc1csc(=Nc2c(C)n(C)n(-c3ccccc3)c2=O)n1Cc1ccco1. The van der Waals surface area contributed by atoms with E-state index in [0.29, 0.717) is 12.2 Å². The first-order valence-electron chi connectivity index (χ1n) is 8.62. The topological polar surface area (TPSA) is 57.4 Å². The molecule has 0 radical (unpaired) electrons. The summed E-state index contributed by atoms with van der Waals surface area (Å²) < 4.78 is 11.0. The fourth-order valence-electron chi connectivity index (χ4n) is 3.03. The smallest absolute Gasteiger partial charge is 0.297 e. The number of rotatable bonds is 4. The van der Waals surface area contributed by atoms with Crippen molar-refractivity contribution < 1.29 is 4.42 Å². The first-order valence-corrected chi connectivity index (χ1v) is 9.50. The van der Waals surface area contributed by atoms with Crippen LogP contribution in [-0.4, -0.2) is 13.9 Å². The highest BCUT2D eigenvalue weighted by molar-refractivity contribution is 7.07. The van der Waals surface area contributed by atoms with E-state index in [2.05, 4.69) is 4.57 Å². The molecule has 0 atom stereocenters. The van der Waals surface area contributed by atoms with Gasteiger partial charge in [0.15, 0.2) is 10.5 Å². The highest BCUT2D eigenvalue weighted by atomic mass is 32.1. The van der Waals surface area contributed by atoms with Crippen molar-refractivity contribution in [3.05, 3.63) is 86.4 Å². The van der Waals surface area contributed by atoms with E-state index in [0.717, 1.165) is 27.6 Å². The summed E-state index contributed by atoms with van der Waals surface area (Å²) in [6.45, 7) is 4.52. The molecule has 0 aliphatic rings. The lowest BCUT2D eigenvalue weighted by atomic mass is 10.3. The number of aryl methyl sites for hydroxylation is 1. The van der Waals surface area contributed by atoms with Gasteiger partial charge in [-0.05, 0) is 38.1 Å². The van der Waals surface area contributed by atoms with Crippen LogP contribution in [-0.2, 0) is 13.6 Å². The summed E-state index contributed by atoms with van der Waals surface area (Å²) in [7, 11) is 1.87. The predicted molar refractivity (Wildman–Crippen MR) is 106 cm³/mol. The number of thiazole rings is 1. The molecular weight excluding hydrogens is 360 g/mol. The third-order valence-electron chi connectivity index (χ3n) is 4.62. The third-order valence-corrected chi connectivity index (χ3v) is 5.60. The van der Waals surface area contributed by atoms with E-state index in [1.54, 1.807) is 10.9 Å². The van der Waals surface area contributed by atoms with Gasteiger partial charge in [0.05, 0.1) is 24.2 Å². The van der Waals surface area contributed by atoms with Crippen molar-refractivity contribution in [2.45, 2.75) is 20.4 Å². The van der Waals surface area contributed by atoms with Crippen molar-refractivity contribution in [2.75, 3.05) is 0 Å². The minimum Gasteiger partial charge on any atom is -0.467 e. The highest BCUT2D eigenvalue weighted by Gasteiger charge is 2.16. The zero-order valence-electron chi connectivity index (χ0n) is 15.4. The maximum absolute atomic E-state index is 13.1. The Kier molecular flexibility index (Phi) is 4.45. The maximum atomic E-state index is 13.1. The summed E-state index contributed by atoms with van der Waals surface area (Å²) >= 11 is 1.52. The fourth-order valence-corrected chi connectivity index (χ4v) is 3.92. The van der Waals surface area contributed by atoms with E-state index in [-0.39, 0.29) is 5.56 Å². The van der Waals surface area contributed by atoms with Gasteiger partial charge in [-0.3, -0.25) is 9.48 Å². The van der Waals surface area contributed by atoms with Crippen molar-refractivity contribution in [1.82, 2.24) is 13.9 Å². The van der Waals surface area contributed by atoms with Gasteiger partial charge in [-0.15, -0.1) is 11.3 Å². The van der Waals surface area contributed by atoms with E-state index in [1.165, 1.54) is 11.3 Å². The van der Waals surface area contributed by atoms with Crippen LogP contribution >= 0.6 is 11.3 Å². The molecule has 27 heavy (non-hydrogen) atoms. The van der Waals surface area contributed by atoms with Crippen LogP contribution in [0.1, 0.15) is 17.1 Å². The molecule has 138 valence electrons. The molecule has 7 heteroatoms. The van der Waals surface area contributed by atoms with Gasteiger partial charge in [-0.2, -0.15) is 0 Å². The standard InChI is InChI=1S/C20H20N4O2S/c1-14-13-27-20(23(14)12-17-10-7-11-26-17)21-18-15(2)22(3)24(19(18)25)16-8-5-4-6-9-16/h4-11,13H,12H2,1-3H3. The molecule has 4 aromatic rings. The van der Waals surface area contributed by atoms with Gasteiger partial charge in [0, 0.05) is 18.1 Å². The second kappa shape index (κ2) is 6.92. The summed E-state index contributed by atoms with van der Waals surface area (Å²) in [5.74, 6) is 0.851. The van der Waals surface area contributed by atoms with Gasteiger partial charge in [0.2, 0.25) is 0 Å². The van der Waals surface area contributed by atoms with Crippen LogP contribution in [0.15, 0.2) is 68.3 Å². The van der Waals surface area contributed by atoms with Crippen molar-refractivity contribution in [3.63, 3.8) is 0 Å². The Hall–Kier alpha value is -3.06. The zero-order chi connectivity index (χ0) is 19.0. The van der Waals surface area contributed by atoms with E-state index in [9.17, 15) is 4.79 Å². The number of hydrogen-bond acceptors (Lipinski definition) is 4. The molecule has 0 amide bonds. The second-order valence-corrected chi connectivity index (χ2v) is 7.18. The van der Waals surface area contributed by atoms with Crippen LogP contribution in [0.25, 0.3) is 5.69 Å². The largest absolute Gasteiger partial charge is 0.467 e. The average molecular weight is 380 g/mol. The Balaban J connectivity index is 1.86. The number of furan rings is 1. The molecule has 0 N–H and O–H groups in total. The molecule has 0 aliphatic heterocycles. The number of aromatic nitrogens is 3. The molecule has 0 aliphatic carbocycles. The summed E-state index contributed by atoms with van der Waals surface area (Å²) in [6.07, 6.45) is 1.66. The molecule has 4 rings (SSSR count). The highest BCUT2D eigenvalue weighted by Crippen LogP contribution is 2.17. The van der Waals surface area contributed by atoms with Gasteiger partial charge < -0.3 is 8.98 Å². The summed E-state index contributed by atoms with van der Waals surface area (Å²) in [5.41, 5.74) is 3.04. The Morgan fingerprint density at radius 1 is 1.11 bits per heavy atom. The first-order chi connectivity index (χ1) is 13.1. The van der Waals surface area contributed by atoms with Crippen LogP contribution in [0.3, 0.4) is 0 Å². The van der Waals surface area contributed by atoms with Crippen molar-refractivity contribution in [1.29, 1.82) is 0 Å². The summed E-state index contributed by atoms with van der Waals surface area (Å²) in [5, 5.41) is 2.04. The van der Waals surface area contributed by atoms with Crippen LogP contribution < -0.4 is 10.4 Å². The van der Waals surface area contributed by atoms with E-state index in [1.807, 2.05) is 73.4 Å². The van der Waals surface area contributed by atoms with Crippen LogP contribution in [0.2, 0.25) is 0 Å². The first kappa shape index (κ1) is 17.4. The zero-order valence-corrected chi connectivity index (χ0v) is 16.2. The molecule has 0 saturated carbocycles. The maximum Gasteiger partial charge on any atom is 0.297 e. The Labute approximate surface area is 160 Å². The number of para-hydroxylation sites is 1. The number of nitrogens with zero attached hydrogens (tertiary/aromatic N) is 4. The Morgan fingerprint density at radius 2 is 1.89 bits per heavy atom. The van der Waals surface area contributed by atoms with E-state index in [4.69, 9.17) is 9.41 Å². The van der Waals surface area contributed by atoms with Crippen molar-refractivity contribution in [2.24, 2.45) is 12.0 Å². The van der Waals surface area contributed by atoms with Gasteiger partial charge in [0.25, 0.3) is 5.56 Å². The molecular formula is C20H20N4O2S. The molecule has 0 saturated heterocycles. The van der Waals surface area contributed by atoms with Crippen molar-refractivity contribution in [3.8, 4) is 5.69 Å². The monoisotopic (exact) mass is 380 g/mol. The number of benzene rings is 1. The second-order valence-electron chi connectivity index (χ2n) is 6.35. The van der Waals surface area contributed by atoms with Gasteiger partial charge >= 0.3 is 0 Å². The molecule has 1 aromatic carbocycles. The van der Waals surface area contributed by atoms with Crippen LogP contribution in [0.5, 0.6) is 0 Å². The molecule has 3 aromatic heterocycles. The van der Waals surface area contributed by atoms with Gasteiger partial charge in [-0.1, -0.05) is 18.2 Å². The quantitative estimate of drug-likeness (QED) is 0.544. The van der Waals surface area contributed by atoms with Crippen LogP contribution in [0.4, 0.5) is 5.69 Å². The summed E-state index contributed by atoms with van der Waals surface area (Å²) in [6, 6.07) is 13.4. The Morgan fingerprint density at radius 3 is 2.59 bits per heavy atom. The minimum atomic E-state index is -0.128. The minimum absolute atomic E-state index is 0.128. The summed E-state index contributed by atoms with van der Waals surface area (Å²) in [4.78, 5) is 18.6. The fraction of sp³-hybridized carbons (Fsp3) is 0.200. The lowest BCUT2D eigenvalue weighted by Gasteiger charge is -2.07. The molecule has 0 spiro atoms. The van der Waals surface area contributed by atoms with Gasteiger partial charge in [-0.25, -0.2) is 9.67 Å². The third kappa shape index (κ3) is 3.10. The van der Waals surface area contributed by atoms with Crippen LogP contribution in [0, 0.1) is 13.8 Å². The predicted octanol–water partition coefficient (Wildman–Crippen LogP) is 3.53. The molecule has 0 unspecified atom stereocenters. The van der Waals surface area contributed by atoms with Gasteiger partial charge in [0.1, 0.15) is 5.76 Å². The van der Waals surface area contributed by atoms with E-state index < -0.39 is 0 Å². The lowest BCUT2D eigenvalue weighted by Crippen LogP contribution is -2.20. The molecule has 0 bridgehead atoms.